The fourth-order valence-corrected chi connectivity index (χ4v) is 3.21. The van der Waals surface area contributed by atoms with E-state index in [1.165, 1.54) is 0 Å². The standard InChI is InChI=1S/C21H24O4/c1-21(23)13-18(25-20(22)14-21)12-11-17-9-5-6-10-19(17)24-15-16-7-3-2-4-8-16/h2-10,18,23H,11-15H2,1H3. The first kappa shape index (κ1) is 17.5. The van der Waals surface area contributed by atoms with Gasteiger partial charge in [-0.3, -0.25) is 4.79 Å². The molecule has 2 aromatic rings. The summed E-state index contributed by atoms with van der Waals surface area (Å²) >= 11 is 0. The van der Waals surface area contributed by atoms with Crippen LogP contribution in [-0.2, 0) is 22.6 Å². The molecule has 1 aliphatic heterocycles. The van der Waals surface area contributed by atoms with E-state index in [9.17, 15) is 9.90 Å². The van der Waals surface area contributed by atoms with E-state index in [0.29, 0.717) is 19.4 Å². The zero-order chi connectivity index (χ0) is 17.7. The molecule has 1 fully saturated rings. The van der Waals surface area contributed by atoms with Gasteiger partial charge in [0.1, 0.15) is 18.5 Å². The second-order valence-corrected chi connectivity index (χ2v) is 6.91. The van der Waals surface area contributed by atoms with Gasteiger partial charge in [-0.1, -0.05) is 48.5 Å². The van der Waals surface area contributed by atoms with Gasteiger partial charge >= 0.3 is 5.97 Å². The SMILES string of the molecule is CC1(O)CC(=O)OC(CCc2ccccc2OCc2ccccc2)C1. The first-order chi connectivity index (χ1) is 12.0. The first-order valence-electron chi connectivity index (χ1n) is 8.68. The highest BCUT2D eigenvalue weighted by atomic mass is 16.5. The predicted octanol–water partition coefficient (Wildman–Crippen LogP) is 3.65. The number of ether oxygens (including phenoxy) is 2. The molecule has 4 heteroatoms. The second-order valence-electron chi connectivity index (χ2n) is 6.91. The largest absolute Gasteiger partial charge is 0.489 e. The smallest absolute Gasteiger partial charge is 0.308 e. The van der Waals surface area contributed by atoms with Crippen molar-refractivity contribution in [3.05, 3.63) is 65.7 Å². The average Bonchev–Trinajstić information content (AvgIpc) is 2.58. The van der Waals surface area contributed by atoms with Crippen LogP contribution < -0.4 is 4.74 Å². The molecule has 25 heavy (non-hydrogen) atoms. The maximum absolute atomic E-state index is 11.6. The van der Waals surface area contributed by atoms with Crippen LogP contribution in [0.3, 0.4) is 0 Å². The van der Waals surface area contributed by atoms with Gasteiger partial charge in [0.15, 0.2) is 0 Å². The Morgan fingerprint density at radius 3 is 2.64 bits per heavy atom. The Morgan fingerprint density at radius 2 is 1.88 bits per heavy atom. The molecule has 0 saturated carbocycles. The normalized spacial score (nSPS) is 23.1. The molecule has 0 aliphatic carbocycles. The van der Waals surface area contributed by atoms with Crippen molar-refractivity contribution in [2.24, 2.45) is 0 Å². The molecule has 1 heterocycles. The third kappa shape index (κ3) is 5.07. The molecule has 0 amide bonds. The van der Waals surface area contributed by atoms with Crippen LogP contribution >= 0.6 is 0 Å². The molecular formula is C21H24O4. The fourth-order valence-electron chi connectivity index (χ4n) is 3.21. The Hall–Kier alpha value is -2.33. The predicted molar refractivity (Wildman–Crippen MR) is 95.3 cm³/mol. The summed E-state index contributed by atoms with van der Waals surface area (Å²) < 4.78 is 11.3. The van der Waals surface area contributed by atoms with E-state index in [4.69, 9.17) is 9.47 Å². The zero-order valence-electron chi connectivity index (χ0n) is 14.5. The van der Waals surface area contributed by atoms with E-state index in [1.807, 2.05) is 54.6 Å². The highest BCUT2D eigenvalue weighted by molar-refractivity contribution is 5.71. The summed E-state index contributed by atoms with van der Waals surface area (Å²) in [5, 5.41) is 10.2. The number of rotatable bonds is 6. The Bertz CT molecular complexity index is 709. The Morgan fingerprint density at radius 1 is 1.16 bits per heavy atom. The number of esters is 1. The van der Waals surface area contributed by atoms with Crippen LogP contribution in [-0.4, -0.2) is 22.8 Å². The van der Waals surface area contributed by atoms with Crippen molar-refractivity contribution < 1.29 is 19.4 Å². The van der Waals surface area contributed by atoms with Crippen molar-refractivity contribution in [3.63, 3.8) is 0 Å². The quantitative estimate of drug-likeness (QED) is 0.816. The lowest BCUT2D eigenvalue weighted by Crippen LogP contribution is -2.41. The number of hydrogen-bond acceptors (Lipinski definition) is 4. The minimum Gasteiger partial charge on any atom is -0.489 e. The molecular weight excluding hydrogens is 316 g/mol. The molecule has 2 unspecified atom stereocenters. The van der Waals surface area contributed by atoms with Gasteiger partial charge < -0.3 is 14.6 Å². The molecule has 0 aromatic heterocycles. The molecule has 1 aliphatic rings. The molecule has 0 bridgehead atoms. The van der Waals surface area contributed by atoms with Gasteiger partial charge in [0.05, 0.1) is 12.0 Å². The molecule has 3 rings (SSSR count). The van der Waals surface area contributed by atoms with Crippen molar-refractivity contribution in [1.29, 1.82) is 0 Å². The lowest BCUT2D eigenvalue weighted by molar-refractivity contribution is -0.168. The van der Waals surface area contributed by atoms with E-state index in [-0.39, 0.29) is 18.5 Å². The number of carbonyl (C=O) groups is 1. The molecule has 1 saturated heterocycles. The van der Waals surface area contributed by atoms with Gasteiger partial charge in [0.2, 0.25) is 0 Å². The van der Waals surface area contributed by atoms with Crippen molar-refractivity contribution >= 4 is 5.97 Å². The number of para-hydroxylation sites is 1. The molecule has 0 spiro atoms. The topological polar surface area (TPSA) is 55.8 Å². The van der Waals surface area contributed by atoms with E-state index in [1.54, 1.807) is 6.92 Å². The van der Waals surface area contributed by atoms with Gasteiger partial charge in [-0.2, -0.15) is 0 Å². The maximum Gasteiger partial charge on any atom is 0.308 e. The molecule has 2 aromatic carbocycles. The summed E-state index contributed by atoms with van der Waals surface area (Å²) in [5.41, 5.74) is 1.23. The number of hydrogen-bond donors (Lipinski definition) is 1. The van der Waals surface area contributed by atoms with Crippen molar-refractivity contribution in [2.45, 2.75) is 50.9 Å². The van der Waals surface area contributed by atoms with E-state index >= 15 is 0 Å². The minimum atomic E-state index is -0.969. The highest BCUT2D eigenvalue weighted by Gasteiger charge is 2.35. The number of cyclic esters (lactones) is 1. The van der Waals surface area contributed by atoms with Crippen molar-refractivity contribution in [2.75, 3.05) is 0 Å². The fraction of sp³-hybridized carbons (Fsp3) is 0.381. The van der Waals surface area contributed by atoms with Crippen LogP contribution in [0, 0.1) is 0 Å². The molecule has 0 radical (unpaired) electrons. The van der Waals surface area contributed by atoms with Crippen LogP contribution in [0.15, 0.2) is 54.6 Å². The molecule has 132 valence electrons. The van der Waals surface area contributed by atoms with Crippen molar-refractivity contribution in [1.82, 2.24) is 0 Å². The highest BCUT2D eigenvalue weighted by Crippen LogP contribution is 2.29. The second kappa shape index (κ2) is 7.70. The summed E-state index contributed by atoms with van der Waals surface area (Å²) in [7, 11) is 0. The van der Waals surface area contributed by atoms with Crippen LogP contribution in [0.25, 0.3) is 0 Å². The van der Waals surface area contributed by atoms with Gasteiger partial charge in [-0.25, -0.2) is 0 Å². The summed E-state index contributed by atoms with van der Waals surface area (Å²) in [5.74, 6) is 0.523. The number of benzene rings is 2. The van der Waals surface area contributed by atoms with E-state index < -0.39 is 5.60 Å². The zero-order valence-corrected chi connectivity index (χ0v) is 14.5. The van der Waals surface area contributed by atoms with Gasteiger partial charge in [-0.15, -0.1) is 0 Å². The van der Waals surface area contributed by atoms with E-state index in [0.717, 1.165) is 23.3 Å². The average molecular weight is 340 g/mol. The van der Waals surface area contributed by atoms with Gasteiger partial charge in [0, 0.05) is 6.42 Å². The summed E-state index contributed by atoms with van der Waals surface area (Å²) in [4.78, 5) is 11.6. The monoisotopic (exact) mass is 340 g/mol. The summed E-state index contributed by atoms with van der Waals surface area (Å²) in [6.45, 7) is 2.21. The third-order valence-electron chi connectivity index (χ3n) is 4.44. The van der Waals surface area contributed by atoms with Crippen LogP contribution in [0.1, 0.15) is 37.3 Å². The lowest BCUT2D eigenvalue weighted by Gasteiger charge is -2.33. The summed E-state index contributed by atoms with van der Waals surface area (Å²) in [6, 6.07) is 18.0. The third-order valence-corrected chi connectivity index (χ3v) is 4.44. The number of carbonyl (C=O) groups excluding carboxylic acids is 1. The maximum atomic E-state index is 11.6. The molecule has 1 N–H and O–H groups in total. The van der Waals surface area contributed by atoms with Crippen LogP contribution in [0.2, 0.25) is 0 Å². The molecule has 4 nitrogen and oxygen atoms in total. The first-order valence-corrected chi connectivity index (χ1v) is 8.68. The Labute approximate surface area is 148 Å². The van der Waals surface area contributed by atoms with Gasteiger partial charge in [-0.05, 0) is 37.0 Å². The van der Waals surface area contributed by atoms with Crippen LogP contribution in [0.5, 0.6) is 5.75 Å². The molecule has 2 atom stereocenters. The number of aryl methyl sites for hydroxylation is 1. The minimum absolute atomic E-state index is 0.0697. The Balaban J connectivity index is 1.60. The number of aliphatic hydroxyl groups is 1. The van der Waals surface area contributed by atoms with Gasteiger partial charge in [0.25, 0.3) is 0 Å². The lowest BCUT2D eigenvalue weighted by atomic mass is 9.89. The van der Waals surface area contributed by atoms with Crippen LogP contribution in [0.4, 0.5) is 0 Å². The van der Waals surface area contributed by atoms with E-state index in [2.05, 4.69) is 0 Å². The summed E-state index contributed by atoms with van der Waals surface area (Å²) in [6.07, 6.45) is 1.71. The Kier molecular flexibility index (Phi) is 5.39. The van der Waals surface area contributed by atoms with Crippen molar-refractivity contribution in [3.8, 4) is 5.75 Å².